The van der Waals surface area contributed by atoms with Crippen molar-refractivity contribution in [3.63, 3.8) is 0 Å². The lowest BCUT2D eigenvalue weighted by Crippen LogP contribution is -2.21. The summed E-state index contributed by atoms with van der Waals surface area (Å²) >= 11 is 7.72. The van der Waals surface area contributed by atoms with Crippen LogP contribution >= 0.6 is 43.2 Å². The van der Waals surface area contributed by atoms with Gasteiger partial charge >= 0.3 is 0 Å². The van der Waals surface area contributed by atoms with Crippen molar-refractivity contribution in [1.82, 2.24) is 4.98 Å². The Bertz CT molecular complexity index is 602. The van der Waals surface area contributed by atoms with E-state index in [4.69, 9.17) is 0 Å². The Balaban J connectivity index is 2.31. The molecule has 1 aromatic carbocycles. The highest BCUT2D eigenvalue weighted by molar-refractivity contribution is 9.10. The summed E-state index contributed by atoms with van der Waals surface area (Å²) < 4.78 is 15.0. The Morgan fingerprint density at radius 2 is 2.33 bits per heavy atom. The smallest absolute Gasteiger partial charge is 0.239 e. The van der Waals surface area contributed by atoms with Crippen molar-refractivity contribution >= 4 is 64.5 Å². The van der Waals surface area contributed by atoms with E-state index in [1.165, 1.54) is 17.4 Å². The van der Waals surface area contributed by atoms with Crippen LogP contribution < -0.4 is 5.32 Å². The summed E-state index contributed by atoms with van der Waals surface area (Å²) in [6, 6.07) is 3.13. The summed E-state index contributed by atoms with van der Waals surface area (Å²) in [4.78, 5) is 15.5. The van der Waals surface area contributed by atoms with Crippen molar-refractivity contribution in [2.45, 2.75) is 18.2 Å². The normalized spacial score (nSPS) is 12.7. The van der Waals surface area contributed by atoms with E-state index in [0.717, 1.165) is 0 Å². The molecule has 0 saturated carbocycles. The lowest BCUT2D eigenvalue weighted by atomic mass is 10.3. The van der Waals surface area contributed by atoms with Gasteiger partial charge in [0, 0.05) is 4.47 Å². The molecule has 1 heterocycles. The van der Waals surface area contributed by atoms with Gasteiger partial charge < -0.3 is 5.32 Å². The number of carbonyl (C=O) groups excluding carboxylic acids is 1. The van der Waals surface area contributed by atoms with Crippen LogP contribution in [-0.4, -0.2) is 15.7 Å². The molecule has 0 aliphatic rings. The molecule has 1 amide bonds. The number of aromatic nitrogens is 1. The zero-order chi connectivity index (χ0) is 13.3. The molecular formula is C11H9Br2FN2OS. The number of hydrogen-bond donors (Lipinski definition) is 1. The predicted octanol–water partition coefficient (Wildman–Crippen LogP) is 4.31. The minimum Gasteiger partial charge on any atom is -0.301 e. The number of anilines is 1. The number of alkyl halides is 1. The van der Waals surface area contributed by atoms with Crippen LogP contribution in [0.25, 0.3) is 10.2 Å². The van der Waals surface area contributed by atoms with Crippen molar-refractivity contribution in [3.05, 3.63) is 22.4 Å². The fraction of sp³-hybridized carbons (Fsp3) is 0.273. The second-order valence-corrected chi connectivity index (χ2v) is 6.67. The van der Waals surface area contributed by atoms with Crippen LogP contribution in [0.2, 0.25) is 0 Å². The Labute approximate surface area is 124 Å². The van der Waals surface area contributed by atoms with Crippen LogP contribution in [0.3, 0.4) is 0 Å². The van der Waals surface area contributed by atoms with Gasteiger partial charge in [0.05, 0.1) is 9.53 Å². The van der Waals surface area contributed by atoms with Gasteiger partial charge in [-0.05, 0) is 18.6 Å². The maximum Gasteiger partial charge on any atom is 0.239 e. The summed E-state index contributed by atoms with van der Waals surface area (Å²) in [6.07, 6.45) is 0.677. The quantitative estimate of drug-likeness (QED) is 0.786. The Kier molecular flexibility index (Phi) is 4.34. The zero-order valence-electron chi connectivity index (χ0n) is 9.34. The summed E-state index contributed by atoms with van der Waals surface area (Å²) in [6.45, 7) is 1.90. The van der Waals surface area contributed by atoms with Crippen molar-refractivity contribution in [3.8, 4) is 0 Å². The summed E-state index contributed by atoms with van der Waals surface area (Å²) in [5.41, 5.74) is 0.279. The fourth-order valence-corrected chi connectivity index (χ4v) is 3.00. The van der Waals surface area contributed by atoms with Crippen LogP contribution in [0.1, 0.15) is 13.3 Å². The van der Waals surface area contributed by atoms with E-state index in [1.54, 1.807) is 6.07 Å². The molecule has 0 bridgehead atoms. The van der Waals surface area contributed by atoms with E-state index in [-0.39, 0.29) is 16.3 Å². The second kappa shape index (κ2) is 5.63. The zero-order valence-corrected chi connectivity index (χ0v) is 13.3. The molecule has 0 spiro atoms. The number of carbonyl (C=O) groups is 1. The number of nitrogens with one attached hydrogen (secondary N) is 1. The number of thiazole rings is 1. The van der Waals surface area contributed by atoms with Gasteiger partial charge in [0.1, 0.15) is 5.52 Å². The molecule has 0 aliphatic heterocycles. The molecule has 2 rings (SSSR count). The molecule has 2 aromatic rings. The number of fused-ring (bicyclic) bond motifs is 1. The van der Waals surface area contributed by atoms with E-state index < -0.39 is 5.82 Å². The van der Waals surface area contributed by atoms with Crippen LogP contribution in [0, 0.1) is 5.82 Å². The first-order valence-electron chi connectivity index (χ1n) is 5.21. The average Bonchev–Trinajstić information content (AvgIpc) is 2.70. The molecular weight excluding hydrogens is 387 g/mol. The molecule has 1 aromatic heterocycles. The first kappa shape index (κ1) is 13.9. The summed E-state index contributed by atoms with van der Waals surface area (Å²) in [5, 5.41) is 3.08. The highest BCUT2D eigenvalue weighted by Crippen LogP contribution is 2.30. The van der Waals surface area contributed by atoms with E-state index >= 15 is 0 Å². The second-order valence-electron chi connectivity index (χ2n) is 3.62. The Morgan fingerprint density at radius 3 is 3.00 bits per heavy atom. The number of amides is 1. The lowest BCUT2D eigenvalue weighted by Gasteiger charge is -2.04. The van der Waals surface area contributed by atoms with Crippen LogP contribution in [0.15, 0.2) is 16.6 Å². The summed E-state index contributed by atoms with van der Waals surface area (Å²) in [7, 11) is 0. The monoisotopic (exact) mass is 394 g/mol. The van der Waals surface area contributed by atoms with Gasteiger partial charge in [0.15, 0.2) is 10.9 Å². The number of hydrogen-bond acceptors (Lipinski definition) is 3. The topological polar surface area (TPSA) is 42.0 Å². The van der Waals surface area contributed by atoms with E-state index in [1.807, 2.05) is 6.92 Å². The van der Waals surface area contributed by atoms with Crippen LogP contribution in [-0.2, 0) is 4.79 Å². The minimum absolute atomic E-state index is 0.170. The molecule has 3 nitrogen and oxygen atoms in total. The molecule has 1 unspecified atom stereocenters. The molecule has 0 radical (unpaired) electrons. The molecule has 0 fully saturated rings. The molecule has 1 atom stereocenters. The first-order valence-corrected chi connectivity index (χ1v) is 7.74. The van der Waals surface area contributed by atoms with Crippen molar-refractivity contribution < 1.29 is 9.18 Å². The SMILES string of the molecule is CCC(Br)C(=O)Nc1nc2c(F)cc(Br)cc2s1. The molecule has 18 heavy (non-hydrogen) atoms. The maximum absolute atomic E-state index is 13.6. The standard InChI is InChI=1S/C11H9Br2FN2OS/c1-2-6(13)10(17)16-11-15-9-7(14)3-5(12)4-8(9)18-11/h3-4,6H,2H2,1H3,(H,15,16,17). The van der Waals surface area contributed by atoms with Gasteiger partial charge in [0.2, 0.25) is 5.91 Å². The third kappa shape index (κ3) is 2.89. The number of rotatable bonds is 3. The molecule has 0 aliphatic carbocycles. The molecule has 1 N–H and O–H groups in total. The average molecular weight is 396 g/mol. The van der Waals surface area contributed by atoms with Gasteiger partial charge in [-0.2, -0.15) is 0 Å². The fourth-order valence-electron chi connectivity index (χ4n) is 1.38. The van der Waals surface area contributed by atoms with Gasteiger partial charge in [-0.3, -0.25) is 4.79 Å². The highest BCUT2D eigenvalue weighted by atomic mass is 79.9. The van der Waals surface area contributed by atoms with E-state index in [2.05, 4.69) is 42.2 Å². The largest absolute Gasteiger partial charge is 0.301 e. The number of benzene rings is 1. The van der Waals surface area contributed by atoms with Crippen molar-refractivity contribution in [2.75, 3.05) is 5.32 Å². The van der Waals surface area contributed by atoms with Gasteiger partial charge in [-0.25, -0.2) is 9.37 Å². The number of halogens is 3. The molecule has 0 saturated heterocycles. The molecule has 96 valence electrons. The minimum atomic E-state index is -0.401. The third-order valence-corrected chi connectivity index (χ3v) is 4.73. The Morgan fingerprint density at radius 1 is 1.61 bits per heavy atom. The lowest BCUT2D eigenvalue weighted by molar-refractivity contribution is -0.115. The van der Waals surface area contributed by atoms with Crippen molar-refractivity contribution in [2.24, 2.45) is 0 Å². The Hall–Kier alpha value is -0.530. The first-order chi connectivity index (χ1) is 8.51. The van der Waals surface area contributed by atoms with Crippen LogP contribution in [0.5, 0.6) is 0 Å². The molecule has 7 heteroatoms. The van der Waals surface area contributed by atoms with Gasteiger partial charge in [-0.1, -0.05) is 50.1 Å². The van der Waals surface area contributed by atoms with E-state index in [0.29, 0.717) is 20.7 Å². The van der Waals surface area contributed by atoms with Crippen molar-refractivity contribution in [1.29, 1.82) is 0 Å². The highest BCUT2D eigenvalue weighted by Gasteiger charge is 2.16. The maximum atomic E-state index is 13.6. The predicted molar refractivity (Wildman–Crippen MR) is 78.9 cm³/mol. The van der Waals surface area contributed by atoms with E-state index in [9.17, 15) is 9.18 Å². The number of nitrogens with zero attached hydrogens (tertiary/aromatic N) is 1. The summed E-state index contributed by atoms with van der Waals surface area (Å²) in [5.74, 6) is -0.571. The third-order valence-electron chi connectivity index (χ3n) is 2.29. The van der Waals surface area contributed by atoms with Gasteiger partial charge in [-0.15, -0.1) is 0 Å². The van der Waals surface area contributed by atoms with Gasteiger partial charge in [0.25, 0.3) is 0 Å². The van der Waals surface area contributed by atoms with Crippen LogP contribution in [0.4, 0.5) is 9.52 Å².